The average molecular weight is 874 g/mol. The Hall–Kier alpha value is -5.23. The lowest BCUT2D eigenvalue weighted by atomic mass is 9.93. The second kappa shape index (κ2) is 24.9. The first-order chi connectivity index (χ1) is 28.9. The molecular weight excluding hydrogens is 811 g/mol. The van der Waals surface area contributed by atoms with Gasteiger partial charge in [0.25, 0.3) is 10.1 Å². The van der Waals surface area contributed by atoms with Crippen molar-refractivity contribution < 1.29 is 57.1 Å². The number of fused-ring (bicyclic) bond motifs is 5. The van der Waals surface area contributed by atoms with Crippen LogP contribution in [0.5, 0.6) is 11.5 Å². The van der Waals surface area contributed by atoms with E-state index < -0.39 is 69.6 Å². The second-order valence-electron chi connectivity index (χ2n) is 15.8. The monoisotopic (exact) mass is 873 g/mol. The highest BCUT2D eigenvalue weighted by Crippen LogP contribution is 2.39. The van der Waals surface area contributed by atoms with Crippen LogP contribution in [0.1, 0.15) is 127 Å². The first kappa shape index (κ1) is 50.1. The summed E-state index contributed by atoms with van der Waals surface area (Å²) in [7, 11) is -3.79. The highest BCUT2D eigenvalue weighted by atomic mass is 32.2. The number of hydrogen-bond acceptors (Lipinski definition) is 10. The third-order valence-electron chi connectivity index (χ3n) is 10.7. The molecule has 2 aromatic carbocycles. The lowest BCUT2D eigenvalue weighted by molar-refractivity contribution is -0.143. The number of aromatic hydroxyl groups is 2. The van der Waals surface area contributed by atoms with E-state index in [4.69, 9.17) is 0 Å². The number of amides is 5. The number of aliphatic carboxylic acids is 1. The van der Waals surface area contributed by atoms with Crippen molar-refractivity contribution in [1.82, 2.24) is 26.2 Å². The minimum absolute atomic E-state index is 0.0159. The summed E-state index contributed by atoms with van der Waals surface area (Å²) in [5.41, 5.74) is 0.387. The lowest BCUT2D eigenvalue weighted by Gasteiger charge is -2.32. The van der Waals surface area contributed by atoms with Gasteiger partial charge in [-0.15, -0.1) is 0 Å². The molecular formula is C43H63N5O12S. The Balaban J connectivity index is 1.69. The fraction of sp³-hybridized carbons (Fsp3) is 0.581. The zero-order valence-electron chi connectivity index (χ0n) is 35.4. The number of carboxylic acid groups (broad SMARTS) is 1. The van der Waals surface area contributed by atoms with Crippen LogP contribution in [0.15, 0.2) is 36.4 Å². The molecule has 0 aromatic heterocycles. The molecule has 61 heavy (non-hydrogen) atoms. The van der Waals surface area contributed by atoms with E-state index in [2.05, 4.69) is 28.2 Å². The molecule has 18 heteroatoms. The molecule has 0 radical (unpaired) electrons. The van der Waals surface area contributed by atoms with Gasteiger partial charge in [-0.1, -0.05) is 96.1 Å². The quantitative estimate of drug-likeness (QED) is 0.0575. The van der Waals surface area contributed by atoms with Gasteiger partial charge in [0.15, 0.2) is 0 Å². The molecule has 4 bridgehead atoms. The summed E-state index contributed by atoms with van der Waals surface area (Å²) < 4.78 is 33.9. The van der Waals surface area contributed by atoms with Crippen molar-refractivity contribution in [3.05, 3.63) is 47.5 Å². The number of benzene rings is 2. The van der Waals surface area contributed by atoms with E-state index in [1.807, 2.05) is 0 Å². The Morgan fingerprint density at radius 1 is 0.787 bits per heavy atom. The molecule has 17 nitrogen and oxygen atoms in total. The third-order valence-corrected chi connectivity index (χ3v) is 11.4. The number of carbonyl (C=O) groups excluding carboxylic acids is 5. The van der Waals surface area contributed by atoms with Gasteiger partial charge in [-0.3, -0.25) is 28.5 Å². The summed E-state index contributed by atoms with van der Waals surface area (Å²) in [5, 5.41) is 41.2. The molecule has 5 amide bonds. The van der Waals surface area contributed by atoms with Crippen LogP contribution in [0.3, 0.4) is 0 Å². The van der Waals surface area contributed by atoms with Crippen LogP contribution in [0.25, 0.3) is 11.1 Å². The third kappa shape index (κ3) is 17.0. The van der Waals surface area contributed by atoms with Gasteiger partial charge in [0.05, 0.1) is 0 Å². The smallest absolute Gasteiger partial charge is 0.326 e. The molecule has 1 aliphatic heterocycles. The van der Waals surface area contributed by atoms with Gasteiger partial charge >= 0.3 is 5.97 Å². The SMILES string of the molecule is CCCCCCCCCCCCCCCC(=O)NCCC(=O)N[C@@H](CS(=O)(=O)O)C(=O)N(C)[C@@H]1C(=O)N[C@@H](C)C(=O)N[C@H](C(=O)O)Cc2ccc(O)c(c2)-c2cc1ccc2O. The fourth-order valence-corrected chi connectivity index (χ4v) is 7.89. The number of phenolic OH excluding ortho intramolecular Hbond substituents is 2. The van der Waals surface area contributed by atoms with Crippen LogP contribution in [-0.4, -0.2) is 106 Å². The van der Waals surface area contributed by atoms with Crippen molar-refractivity contribution in [1.29, 1.82) is 0 Å². The molecule has 338 valence electrons. The van der Waals surface area contributed by atoms with Gasteiger partial charge in [-0.05, 0) is 48.7 Å². The van der Waals surface area contributed by atoms with Crippen LogP contribution >= 0.6 is 0 Å². The van der Waals surface area contributed by atoms with Crippen molar-refractivity contribution in [3.8, 4) is 22.6 Å². The van der Waals surface area contributed by atoms with Crippen molar-refractivity contribution in [3.63, 3.8) is 0 Å². The molecule has 0 saturated carbocycles. The zero-order valence-corrected chi connectivity index (χ0v) is 36.2. The van der Waals surface area contributed by atoms with Gasteiger partial charge in [-0.25, -0.2) is 4.79 Å². The molecule has 4 atom stereocenters. The summed E-state index contributed by atoms with van der Waals surface area (Å²) in [6.07, 6.45) is 14.8. The van der Waals surface area contributed by atoms with Gasteiger partial charge in [-0.2, -0.15) is 8.42 Å². The van der Waals surface area contributed by atoms with E-state index in [1.54, 1.807) is 0 Å². The Morgan fingerprint density at radius 3 is 1.92 bits per heavy atom. The Bertz CT molecular complexity index is 1940. The van der Waals surface area contributed by atoms with Crippen LogP contribution in [0.2, 0.25) is 0 Å². The van der Waals surface area contributed by atoms with Crippen LogP contribution in [0.4, 0.5) is 0 Å². The first-order valence-corrected chi connectivity index (χ1v) is 22.8. The van der Waals surface area contributed by atoms with E-state index >= 15 is 0 Å². The van der Waals surface area contributed by atoms with Crippen molar-refractivity contribution in [2.24, 2.45) is 0 Å². The molecule has 0 aliphatic carbocycles. The highest BCUT2D eigenvalue weighted by molar-refractivity contribution is 7.85. The van der Waals surface area contributed by atoms with E-state index in [9.17, 15) is 57.1 Å². The topological polar surface area (TPSA) is 269 Å². The number of nitrogens with one attached hydrogen (secondary N) is 4. The van der Waals surface area contributed by atoms with Crippen molar-refractivity contribution in [2.45, 2.75) is 141 Å². The Labute approximate surface area is 358 Å². The Kier molecular flexibility index (Phi) is 20.5. The number of nitrogens with zero attached hydrogens (tertiary/aromatic N) is 1. The molecule has 0 unspecified atom stereocenters. The fourth-order valence-electron chi connectivity index (χ4n) is 7.24. The number of likely N-dealkylation sites (N-methyl/N-ethyl adjacent to an activating group) is 1. The highest BCUT2D eigenvalue weighted by Gasteiger charge is 2.37. The molecule has 1 aliphatic rings. The van der Waals surface area contributed by atoms with Crippen LogP contribution in [-0.2, 0) is 45.3 Å². The Morgan fingerprint density at radius 2 is 1.34 bits per heavy atom. The number of unbranched alkanes of at least 4 members (excludes halogenated alkanes) is 12. The van der Waals surface area contributed by atoms with Gasteiger partial charge in [0, 0.05) is 44.0 Å². The summed E-state index contributed by atoms with van der Waals surface area (Å²) in [6.45, 7) is 3.37. The van der Waals surface area contributed by atoms with Gasteiger partial charge < -0.3 is 41.5 Å². The maximum Gasteiger partial charge on any atom is 0.326 e. The predicted octanol–water partition coefficient (Wildman–Crippen LogP) is 4.25. The van der Waals surface area contributed by atoms with Gasteiger partial charge in [0.1, 0.15) is 41.4 Å². The number of hydrogen-bond donors (Lipinski definition) is 8. The van der Waals surface area contributed by atoms with E-state index in [1.165, 1.54) is 101 Å². The maximum absolute atomic E-state index is 14.0. The lowest BCUT2D eigenvalue weighted by Crippen LogP contribution is -2.56. The van der Waals surface area contributed by atoms with Crippen LogP contribution in [0, 0.1) is 0 Å². The zero-order chi connectivity index (χ0) is 45.1. The number of carbonyl (C=O) groups is 6. The largest absolute Gasteiger partial charge is 0.507 e. The van der Waals surface area contributed by atoms with E-state index in [0.717, 1.165) is 31.2 Å². The molecule has 0 spiro atoms. The summed E-state index contributed by atoms with van der Waals surface area (Å²) in [4.78, 5) is 79.4. The van der Waals surface area contributed by atoms with Crippen molar-refractivity contribution >= 4 is 45.6 Å². The predicted molar refractivity (Wildman–Crippen MR) is 228 cm³/mol. The number of carboxylic acids is 1. The average Bonchev–Trinajstić information content (AvgIpc) is 3.19. The molecule has 2 aromatic rings. The number of rotatable bonds is 23. The summed E-state index contributed by atoms with van der Waals surface area (Å²) >= 11 is 0. The normalized spacial score (nSPS) is 17.3. The molecule has 3 rings (SSSR count). The minimum atomic E-state index is -4.91. The van der Waals surface area contributed by atoms with E-state index in [-0.39, 0.29) is 59.9 Å². The summed E-state index contributed by atoms with van der Waals surface area (Å²) in [6, 6.07) is 1.41. The van der Waals surface area contributed by atoms with E-state index in [0.29, 0.717) is 12.0 Å². The second-order valence-corrected chi connectivity index (χ2v) is 17.3. The standard InChI is InChI=1S/C43H63N5O12S/c1-4-5-6-7-8-9-10-11-12-13-14-15-16-17-37(51)44-23-22-38(52)46-34(27-61(58,59)60)42(55)48(3)39-30-19-21-36(50)32(26-30)31-24-29(18-20-35(31)49)25-33(43(56)57)47-40(53)28(2)45-41(39)54/h18-21,24,26,28,33-34,39,49-50H,4-17,22-23,25,27H2,1-3H3,(H,44,51)(H,45,54)(H,46,52)(H,47,53)(H,56,57)(H,58,59,60)/t28-,33-,34-,39-/m0/s1. The molecule has 1 heterocycles. The first-order valence-electron chi connectivity index (χ1n) is 21.2. The van der Waals surface area contributed by atoms with Crippen LogP contribution < -0.4 is 21.3 Å². The van der Waals surface area contributed by atoms with Crippen molar-refractivity contribution in [2.75, 3.05) is 19.3 Å². The summed E-state index contributed by atoms with van der Waals surface area (Å²) in [5.74, 6) is -7.50. The number of phenols is 2. The molecule has 0 saturated heterocycles. The molecule has 0 fully saturated rings. The molecule has 8 N–H and O–H groups in total. The maximum atomic E-state index is 14.0. The minimum Gasteiger partial charge on any atom is -0.507 e. The van der Waals surface area contributed by atoms with Gasteiger partial charge in [0.2, 0.25) is 29.5 Å².